The molecule has 1 aliphatic rings. The fourth-order valence-corrected chi connectivity index (χ4v) is 3.42. The molecule has 6 heteroatoms. The van der Waals surface area contributed by atoms with Crippen molar-refractivity contribution in [3.05, 3.63) is 65.5 Å². The number of aromatic nitrogens is 1. The van der Waals surface area contributed by atoms with Crippen molar-refractivity contribution < 1.29 is 0 Å². The Labute approximate surface area is 186 Å². The lowest BCUT2D eigenvalue weighted by Crippen LogP contribution is -2.37. The van der Waals surface area contributed by atoms with E-state index in [1.807, 2.05) is 12.3 Å². The topological polar surface area (TPSA) is 52.6 Å². The lowest BCUT2D eigenvalue weighted by molar-refractivity contribution is 0.221. The number of piperidine rings is 1. The molecule has 2 N–H and O–H groups in total. The van der Waals surface area contributed by atoms with E-state index in [2.05, 4.69) is 55.8 Å². The van der Waals surface area contributed by atoms with Gasteiger partial charge in [0.1, 0.15) is 0 Å². The van der Waals surface area contributed by atoms with Gasteiger partial charge in [-0.05, 0) is 55.1 Å². The molecule has 0 bridgehead atoms. The van der Waals surface area contributed by atoms with Gasteiger partial charge in [-0.1, -0.05) is 36.8 Å². The summed E-state index contributed by atoms with van der Waals surface area (Å²) in [7, 11) is 1.81. The molecule has 0 saturated carbocycles. The lowest BCUT2D eigenvalue weighted by atomic mass is 10.1. The number of aliphatic imine (C=N–C) groups is 1. The number of rotatable bonds is 7. The van der Waals surface area contributed by atoms with E-state index in [4.69, 9.17) is 0 Å². The molecule has 0 spiro atoms. The molecule has 2 heterocycles. The summed E-state index contributed by atoms with van der Waals surface area (Å²) < 4.78 is 0. The third-order valence-electron chi connectivity index (χ3n) is 4.99. The molecule has 3 rings (SSSR count). The smallest absolute Gasteiger partial charge is 0.191 e. The highest BCUT2D eigenvalue weighted by atomic mass is 127. The van der Waals surface area contributed by atoms with Gasteiger partial charge in [0.15, 0.2) is 5.96 Å². The third-order valence-corrected chi connectivity index (χ3v) is 4.99. The van der Waals surface area contributed by atoms with Crippen LogP contribution in [0, 0.1) is 0 Å². The molecule has 0 atom stereocenters. The summed E-state index contributed by atoms with van der Waals surface area (Å²) >= 11 is 0. The van der Waals surface area contributed by atoms with Gasteiger partial charge in [0.05, 0.1) is 0 Å². The van der Waals surface area contributed by atoms with Gasteiger partial charge in [0.25, 0.3) is 0 Å². The van der Waals surface area contributed by atoms with Crippen molar-refractivity contribution in [3.63, 3.8) is 0 Å². The Morgan fingerprint density at radius 1 is 1.00 bits per heavy atom. The molecule has 1 aromatic heterocycles. The number of nitrogens with one attached hydrogen (secondary N) is 2. The molecule has 0 unspecified atom stereocenters. The van der Waals surface area contributed by atoms with Crippen LogP contribution >= 0.6 is 24.0 Å². The minimum absolute atomic E-state index is 0. The summed E-state index contributed by atoms with van der Waals surface area (Å²) in [6, 6.07) is 13.0. The molecule has 0 radical (unpaired) electrons. The third kappa shape index (κ3) is 7.75. The second-order valence-corrected chi connectivity index (χ2v) is 7.12. The lowest BCUT2D eigenvalue weighted by Gasteiger charge is -2.26. The van der Waals surface area contributed by atoms with Crippen molar-refractivity contribution in [2.24, 2.45) is 4.99 Å². The van der Waals surface area contributed by atoms with E-state index in [9.17, 15) is 0 Å². The SMILES string of the molecule is CN=C(NCCc1cccnc1)NCc1ccc(CN2CCCCC2)cc1.I. The van der Waals surface area contributed by atoms with Crippen LogP contribution in [0.5, 0.6) is 0 Å². The number of hydrogen-bond acceptors (Lipinski definition) is 3. The standard InChI is InChI=1S/C22H31N5.HI/c1-23-22(25-13-11-19-6-5-12-24-16-19)26-17-20-7-9-21(10-8-20)18-27-14-3-2-4-15-27;/h5-10,12,16H,2-4,11,13-15,17-18H2,1H3,(H2,23,25,26);1H. The molecule has 1 aromatic carbocycles. The Hall–Kier alpha value is -1.67. The molecule has 152 valence electrons. The molecule has 0 aliphatic carbocycles. The van der Waals surface area contributed by atoms with E-state index in [-0.39, 0.29) is 24.0 Å². The molecule has 0 amide bonds. The van der Waals surface area contributed by atoms with Gasteiger partial charge < -0.3 is 10.6 Å². The first-order valence-electron chi connectivity index (χ1n) is 9.97. The van der Waals surface area contributed by atoms with E-state index < -0.39 is 0 Å². The van der Waals surface area contributed by atoms with Gasteiger partial charge in [0, 0.05) is 39.1 Å². The number of benzene rings is 1. The van der Waals surface area contributed by atoms with Crippen LogP contribution in [0.4, 0.5) is 0 Å². The van der Waals surface area contributed by atoms with E-state index >= 15 is 0 Å². The Bertz CT molecular complexity index is 697. The van der Waals surface area contributed by atoms with Gasteiger partial charge in [-0.3, -0.25) is 14.9 Å². The van der Waals surface area contributed by atoms with Crippen molar-refractivity contribution >= 4 is 29.9 Å². The fourth-order valence-electron chi connectivity index (χ4n) is 3.42. The monoisotopic (exact) mass is 493 g/mol. The number of likely N-dealkylation sites (tertiary alicyclic amines) is 1. The second kappa shape index (κ2) is 12.7. The average Bonchev–Trinajstić information content (AvgIpc) is 2.73. The van der Waals surface area contributed by atoms with Gasteiger partial charge in [0.2, 0.25) is 0 Å². The predicted octanol–water partition coefficient (Wildman–Crippen LogP) is 3.59. The van der Waals surface area contributed by atoms with Crippen LogP contribution in [0.25, 0.3) is 0 Å². The maximum atomic E-state index is 4.30. The van der Waals surface area contributed by atoms with Crippen LogP contribution in [-0.2, 0) is 19.5 Å². The zero-order chi connectivity index (χ0) is 18.7. The maximum absolute atomic E-state index is 4.30. The minimum Gasteiger partial charge on any atom is -0.356 e. The second-order valence-electron chi connectivity index (χ2n) is 7.12. The Morgan fingerprint density at radius 3 is 2.43 bits per heavy atom. The summed E-state index contributed by atoms with van der Waals surface area (Å²) in [4.78, 5) is 11.0. The zero-order valence-corrected chi connectivity index (χ0v) is 19.1. The number of guanidine groups is 1. The highest BCUT2D eigenvalue weighted by molar-refractivity contribution is 14.0. The van der Waals surface area contributed by atoms with Gasteiger partial charge >= 0.3 is 0 Å². The first-order chi connectivity index (χ1) is 13.3. The minimum atomic E-state index is 0. The summed E-state index contributed by atoms with van der Waals surface area (Å²) in [5, 5.41) is 6.74. The normalized spacial score (nSPS) is 15.0. The van der Waals surface area contributed by atoms with Crippen molar-refractivity contribution in [1.29, 1.82) is 0 Å². The molecule has 1 fully saturated rings. The molecule has 5 nitrogen and oxygen atoms in total. The van der Waals surface area contributed by atoms with E-state index in [1.165, 1.54) is 49.0 Å². The largest absolute Gasteiger partial charge is 0.356 e. The van der Waals surface area contributed by atoms with Crippen LogP contribution < -0.4 is 10.6 Å². The van der Waals surface area contributed by atoms with E-state index in [0.29, 0.717) is 0 Å². The first-order valence-corrected chi connectivity index (χ1v) is 9.97. The van der Waals surface area contributed by atoms with Crippen molar-refractivity contribution in [2.75, 3.05) is 26.7 Å². The van der Waals surface area contributed by atoms with Gasteiger partial charge in [-0.25, -0.2) is 0 Å². The molecule has 28 heavy (non-hydrogen) atoms. The molecule has 2 aromatic rings. The van der Waals surface area contributed by atoms with Crippen molar-refractivity contribution in [2.45, 2.75) is 38.8 Å². The van der Waals surface area contributed by atoms with Gasteiger partial charge in [-0.2, -0.15) is 0 Å². The highest BCUT2D eigenvalue weighted by Gasteiger charge is 2.10. The quantitative estimate of drug-likeness (QED) is 0.352. The Kier molecular flexibility index (Phi) is 10.3. The Balaban J connectivity index is 0.00000280. The van der Waals surface area contributed by atoms with Crippen LogP contribution in [-0.4, -0.2) is 42.5 Å². The zero-order valence-electron chi connectivity index (χ0n) is 16.7. The number of hydrogen-bond donors (Lipinski definition) is 2. The molecular formula is C22H32IN5. The van der Waals surface area contributed by atoms with Crippen molar-refractivity contribution in [3.8, 4) is 0 Å². The molecule has 1 aliphatic heterocycles. The number of pyridine rings is 1. The first kappa shape index (κ1) is 22.6. The molecular weight excluding hydrogens is 461 g/mol. The number of halogens is 1. The van der Waals surface area contributed by atoms with Crippen LogP contribution in [0.1, 0.15) is 36.0 Å². The highest BCUT2D eigenvalue weighted by Crippen LogP contribution is 2.13. The molecule has 1 saturated heterocycles. The van der Waals surface area contributed by atoms with Crippen LogP contribution in [0.15, 0.2) is 53.8 Å². The Morgan fingerprint density at radius 2 is 1.75 bits per heavy atom. The fraction of sp³-hybridized carbons (Fsp3) is 0.455. The summed E-state index contributed by atoms with van der Waals surface area (Å²) in [5.74, 6) is 0.830. The van der Waals surface area contributed by atoms with Crippen LogP contribution in [0.3, 0.4) is 0 Å². The summed E-state index contributed by atoms with van der Waals surface area (Å²) in [5.41, 5.74) is 3.90. The van der Waals surface area contributed by atoms with E-state index in [0.717, 1.165) is 32.0 Å². The summed E-state index contributed by atoms with van der Waals surface area (Å²) in [6.45, 7) is 5.16. The maximum Gasteiger partial charge on any atom is 0.191 e. The van der Waals surface area contributed by atoms with Gasteiger partial charge in [-0.15, -0.1) is 24.0 Å². The summed E-state index contributed by atoms with van der Waals surface area (Å²) in [6.07, 6.45) is 8.71. The predicted molar refractivity (Wildman–Crippen MR) is 127 cm³/mol. The number of nitrogens with zero attached hydrogens (tertiary/aromatic N) is 3. The van der Waals surface area contributed by atoms with Crippen LogP contribution in [0.2, 0.25) is 0 Å². The van der Waals surface area contributed by atoms with E-state index in [1.54, 1.807) is 13.2 Å². The average molecular weight is 493 g/mol. The van der Waals surface area contributed by atoms with Crippen molar-refractivity contribution in [1.82, 2.24) is 20.5 Å².